The molecule has 1 fully saturated rings. The molecule has 0 radical (unpaired) electrons. The summed E-state index contributed by atoms with van der Waals surface area (Å²) in [6.07, 6.45) is 1.66. The zero-order chi connectivity index (χ0) is 23.4. The van der Waals surface area contributed by atoms with Crippen LogP contribution in [-0.2, 0) is 9.59 Å². The topological polar surface area (TPSA) is 70.1 Å². The molecule has 6 nitrogen and oxygen atoms in total. The van der Waals surface area contributed by atoms with Gasteiger partial charge in [-0.2, -0.15) is 0 Å². The van der Waals surface area contributed by atoms with Gasteiger partial charge >= 0.3 is 0 Å². The first-order chi connectivity index (χ1) is 15.2. The highest BCUT2D eigenvalue weighted by Gasteiger charge is 2.46. The number of ether oxygens (including phenoxy) is 1. The molecule has 2 aromatic carbocycles. The van der Waals surface area contributed by atoms with E-state index in [-0.39, 0.29) is 11.3 Å². The van der Waals surface area contributed by atoms with Crippen molar-refractivity contribution in [1.82, 2.24) is 9.80 Å². The van der Waals surface area contributed by atoms with Gasteiger partial charge in [0.15, 0.2) is 0 Å². The van der Waals surface area contributed by atoms with Crippen molar-refractivity contribution in [3.8, 4) is 5.75 Å². The first kappa shape index (κ1) is 23.3. The van der Waals surface area contributed by atoms with Gasteiger partial charge in [0.2, 0.25) is 0 Å². The number of aliphatic hydroxyl groups is 1. The van der Waals surface area contributed by atoms with E-state index in [0.29, 0.717) is 31.0 Å². The molecule has 1 saturated heterocycles. The molecule has 1 heterocycles. The highest BCUT2D eigenvalue weighted by molar-refractivity contribution is 6.46. The zero-order valence-electron chi connectivity index (χ0n) is 19.1. The van der Waals surface area contributed by atoms with Crippen LogP contribution in [-0.4, -0.2) is 60.4 Å². The molecule has 1 unspecified atom stereocenters. The molecule has 3 rings (SSSR count). The van der Waals surface area contributed by atoms with Gasteiger partial charge in [-0.05, 0) is 57.3 Å². The number of aliphatic hydroxyl groups excluding tert-OH is 1. The fraction of sp³-hybridized carbons (Fsp3) is 0.308. The summed E-state index contributed by atoms with van der Waals surface area (Å²) in [6.45, 7) is 8.77. The van der Waals surface area contributed by atoms with E-state index in [0.717, 1.165) is 16.7 Å². The summed E-state index contributed by atoms with van der Waals surface area (Å²) in [7, 11) is 3.82. The van der Waals surface area contributed by atoms with Gasteiger partial charge in [-0.15, -0.1) is 0 Å². The minimum absolute atomic E-state index is 0.113. The lowest BCUT2D eigenvalue weighted by atomic mass is 9.93. The summed E-state index contributed by atoms with van der Waals surface area (Å²) < 4.78 is 5.56. The standard InChI is InChI=1S/C26H30N2O4/c1-6-15-32-20-11-9-19(10-12-20)23-22(24(29)21-16-17(2)7-8-18(21)3)25(30)26(31)28(23)14-13-27(4)5/h6-12,16,23,29H,1,13-15H2,2-5H3/b24-22+. The van der Waals surface area contributed by atoms with Crippen LogP contribution in [0.1, 0.15) is 28.3 Å². The second-order valence-electron chi connectivity index (χ2n) is 8.28. The Kier molecular flexibility index (Phi) is 7.15. The predicted octanol–water partition coefficient (Wildman–Crippen LogP) is 3.85. The van der Waals surface area contributed by atoms with E-state index in [1.807, 2.05) is 63.2 Å². The number of ketones is 1. The summed E-state index contributed by atoms with van der Waals surface area (Å²) in [5, 5.41) is 11.2. The second-order valence-corrected chi connectivity index (χ2v) is 8.28. The van der Waals surface area contributed by atoms with E-state index in [9.17, 15) is 14.7 Å². The summed E-state index contributed by atoms with van der Waals surface area (Å²) in [4.78, 5) is 29.6. The van der Waals surface area contributed by atoms with E-state index in [4.69, 9.17) is 4.74 Å². The lowest BCUT2D eigenvalue weighted by molar-refractivity contribution is -0.140. The molecule has 0 bridgehead atoms. The maximum Gasteiger partial charge on any atom is 0.295 e. The Hall–Kier alpha value is -3.38. The number of aryl methyl sites for hydroxylation is 2. The van der Waals surface area contributed by atoms with Gasteiger partial charge in [0.1, 0.15) is 18.1 Å². The number of likely N-dealkylation sites (tertiary alicyclic amines) is 1. The molecule has 0 aromatic heterocycles. The van der Waals surface area contributed by atoms with Crippen LogP contribution in [0.25, 0.3) is 5.76 Å². The minimum atomic E-state index is -0.677. The van der Waals surface area contributed by atoms with Crippen LogP contribution in [0.15, 0.2) is 60.7 Å². The maximum absolute atomic E-state index is 13.1. The molecule has 1 aliphatic heterocycles. The van der Waals surface area contributed by atoms with Crippen molar-refractivity contribution in [2.45, 2.75) is 19.9 Å². The van der Waals surface area contributed by atoms with Crippen LogP contribution in [0.2, 0.25) is 0 Å². The fourth-order valence-electron chi connectivity index (χ4n) is 3.80. The van der Waals surface area contributed by atoms with Gasteiger partial charge in [0, 0.05) is 18.7 Å². The summed E-state index contributed by atoms with van der Waals surface area (Å²) in [5.41, 5.74) is 3.20. The Labute approximate surface area is 189 Å². The first-order valence-corrected chi connectivity index (χ1v) is 10.6. The number of likely N-dealkylation sites (N-methyl/N-ethyl adjacent to an activating group) is 1. The second kappa shape index (κ2) is 9.83. The van der Waals surface area contributed by atoms with Crippen molar-refractivity contribution in [1.29, 1.82) is 0 Å². The minimum Gasteiger partial charge on any atom is -0.507 e. The normalized spacial score (nSPS) is 17.8. The Morgan fingerprint density at radius 3 is 2.47 bits per heavy atom. The van der Waals surface area contributed by atoms with Crippen molar-refractivity contribution in [3.63, 3.8) is 0 Å². The van der Waals surface area contributed by atoms with E-state index >= 15 is 0 Å². The van der Waals surface area contributed by atoms with E-state index < -0.39 is 17.7 Å². The molecule has 2 aromatic rings. The largest absolute Gasteiger partial charge is 0.507 e. The molecular formula is C26H30N2O4. The Balaban J connectivity index is 2.12. The van der Waals surface area contributed by atoms with E-state index in [1.165, 1.54) is 0 Å². The Morgan fingerprint density at radius 2 is 1.84 bits per heavy atom. The Morgan fingerprint density at radius 1 is 1.16 bits per heavy atom. The molecule has 6 heteroatoms. The Bertz CT molecular complexity index is 1050. The number of rotatable bonds is 8. The monoisotopic (exact) mass is 434 g/mol. The molecule has 1 aliphatic rings. The van der Waals surface area contributed by atoms with Crippen molar-refractivity contribution >= 4 is 17.4 Å². The van der Waals surface area contributed by atoms with Crippen LogP contribution < -0.4 is 4.74 Å². The van der Waals surface area contributed by atoms with Gasteiger partial charge in [0.25, 0.3) is 11.7 Å². The van der Waals surface area contributed by atoms with Crippen LogP contribution in [0.4, 0.5) is 0 Å². The number of nitrogens with zero attached hydrogens (tertiary/aromatic N) is 2. The molecule has 168 valence electrons. The highest BCUT2D eigenvalue weighted by Crippen LogP contribution is 2.40. The van der Waals surface area contributed by atoms with Gasteiger partial charge in [0.05, 0.1) is 11.6 Å². The molecular weight excluding hydrogens is 404 g/mol. The number of Topliss-reactive ketones (excluding diaryl/α,β-unsaturated/α-hetero) is 1. The summed E-state index contributed by atoms with van der Waals surface area (Å²) in [5.74, 6) is -0.753. The van der Waals surface area contributed by atoms with Gasteiger partial charge in [-0.3, -0.25) is 9.59 Å². The van der Waals surface area contributed by atoms with Gasteiger partial charge in [-0.25, -0.2) is 0 Å². The average molecular weight is 435 g/mol. The number of amides is 1. The quantitative estimate of drug-likeness (QED) is 0.296. The molecule has 0 saturated carbocycles. The van der Waals surface area contributed by atoms with Gasteiger partial charge in [-0.1, -0.05) is 42.5 Å². The molecule has 0 aliphatic carbocycles. The number of hydrogen-bond donors (Lipinski definition) is 1. The SMILES string of the molecule is C=CCOc1ccc(C2/C(=C(\O)c3cc(C)ccc3C)C(=O)C(=O)N2CCN(C)C)cc1. The van der Waals surface area contributed by atoms with Crippen LogP contribution in [0.3, 0.4) is 0 Å². The highest BCUT2D eigenvalue weighted by atomic mass is 16.5. The van der Waals surface area contributed by atoms with Gasteiger partial charge < -0.3 is 19.6 Å². The molecule has 1 amide bonds. The van der Waals surface area contributed by atoms with E-state index in [1.54, 1.807) is 23.1 Å². The summed E-state index contributed by atoms with van der Waals surface area (Å²) >= 11 is 0. The lowest BCUT2D eigenvalue weighted by Gasteiger charge is -2.26. The third kappa shape index (κ3) is 4.75. The zero-order valence-corrected chi connectivity index (χ0v) is 19.1. The molecule has 1 N–H and O–H groups in total. The van der Waals surface area contributed by atoms with Crippen molar-refractivity contribution < 1.29 is 19.4 Å². The molecule has 1 atom stereocenters. The summed E-state index contributed by atoms with van der Waals surface area (Å²) in [6, 6.07) is 12.2. The van der Waals surface area contributed by atoms with Crippen molar-refractivity contribution in [2.75, 3.05) is 33.8 Å². The van der Waals surface area contributed by atoms with Crippen LogP contribution in [0, 0.1) is 13.8 Å². The van der Waals surface area contributed by atoms with Crippen LogP contribution in [0.5, 0.6) is 5.75 Å². The van der Waals surface area contributed by atoms with Crippen molar-refractivity contribution in [3.05, 3.63) is 82.9 Å². The fourth-order valence-corrected chi connectivity index (χ4v) is 3.80. The number of carbonyl (C=O) groups excluding carboxylic acids is 2. The maximum atomic E-state index is 13.1. The van der Waals surface area contributed by atoms with Crippen molar-refractivity contribution in [2.24, 2.45) is 0 Å². The lowest BCUT2D eigenvalue weighted by Crippen LogP contribution is -2.35. The average Bonchev–Trinajstić information content (AvgIpc) is 3.02. The smallest absolute Gasteiger partial charge is 0.295 e. The third-order valence-electron chi connectivity index (χ3n) is 5.54. The molecule has 0 spiro atoms. The number of hydrogen-bond acceptors (Lipinski definition) is 5. The van der Waals surface area contributed by atoms with Crippen LogP contribution >= 0.6 is 0 Å². The first-order valence-electron chi connectivity index (χ1n) is 10.6. The third-order valence-corrected chi connectivity index (χ3v) is 5.54. The predicted molar refractivity (Wildman–Crippen MR) is 126 cm³/mol. The number of benzene rings is 2. The molecule has 32 heavy (non-hydrogen) atoms. The number of carbonyl (C=O) groups is 2. The van der Waals surface area contributed by atoms with E-state index in [2.05, 4.69) is 6.58 Å².